The van der Waals surface area contributed by atoms with Gasteiger partial charge in [0, 0.05) is 38.7 Å². The van der Waals surface area contributed by atoms with Crippen LogP contribution in [-0.2, 0) is 4.79 Å². The number of benzene rings is 1. The summed E-state index contributed by atoms with van der Waals surface area (Å²) in [5.41, 5.74) is 1.52. The minimum Gasteiger partial charge on any atom is -0.454 e. The summed E-state index contributed by atoms with van der Waals surface area (Å²) < 4.78 is 13.2. The maximum absolute atomic E-state index is 11.9. The van der Waals surface area contributed by atoms with Crippen molar-refractivity contribution in [2.45, 2.75) is 13.3 Å². The number of piperazine rings is 1. The van der Waals surface area contributed by atoms with E-state index in [9.17, 15) is 4.79 Å². The highest BCUT2D eigenvalue weighted by molar-refractivity contribution is 7.71. The molecule has 2 aliphatic rings. The van der Waals surface area contributed by atoms with Crippen LogP contribution >= 0.6 is 12.2 Å². The molecule has 1 aromatic carbocycles. The number of aromatic amines is 1. The Morgan fingerprint density at radius 3 is 2.74 bits per heavy atom. The summed E-state index contributed by atoms with van der Waals surface area (Å²) in [4.78, 5) is 20.9. The van der Waals surface area contributed by atoms with Gasteiger partial charge in [-0.3, -0.25) is 14.5 Å². The number of ether oxygens (including phenoxy) is 2. The highest BCUT2D eigenvalue weighted by Crippen LogP contribution is 2.34. The van der Waals surface area contributed by atoms with E-state index < -0.39 is 0 Å². The van der Waals surface area contributed by atoms with Gasteiger partial charge in [0.25, 0.3) is 0 Å². The van der Waals surface area contributed by atoms with Gasteiger partial charge >= 0.3 is 0 Å². The number of H-pyrrole nitrogens is 1. The number of aromatic nitrogens is 4. The lowest BCUT2D eigenvalue weighted by Gasteiger charge is -2.35. The average Bonchev–Trinajstić information content (AvgIpc) is 3.44. The molecule has 1 N–H and O–H groups in total. The minimum atomic E-state index is 0.195. The molecule has 1 saturated heterocycles. The summed E-state index contributed by atoms with van der Waals surface area (Å²) in [6.45, 7) is 5.01. The summed E-state index contributed by atoms with van der Waals surface area (Å²) >= 11 is 5.49. The Labute approximate surface area is 184 Å². The number of nitrogens with zero attached hydrogens (tertiary/aromatic N) is 5. The van der Waals surface area contributed by atoms with Gasteiger partial charge in [0.2, 0.25) is 12.7 Å². The van der Waals surface area contributed by atoms with E-state index in [1.807, 2.05) is 52.8 Å². The van der Waals surface area contributed by atoms with Crippen LogP contribution in [0, 0.1) is 4.77 Å². The molecule has 0 aliphatic carbocycles. The molecule has 2 aliphatic heterocycles. The number of rotatable bonds is 4. The number of carbonyl (C=O) groups is 1. The van der Waals surface area contributed by atoms with Crippen LogP contribution in [0.4, 0.5) is 5.82 Å². The van der Waals surface area contributed by atoms with E-state index >= 15 is 0 Å². The van der Waals surface area contributed by atoms with Gasteiger partial charge in [0.05, 0.1) is 5.69 Å². The summed E-state index contributed by atoms with van der Waals surface area (Å²) in [5, 5.41) is 7.30. The molecule has 4 heterocycles. The zero-order valence-corrected chi connectivity index (χ0v) is 17.9. The first kappa shape index (κ1) is 19.6. The molecule has 160 valence electrons. The van der Waals surface area contributed by atoms with E-state index in [2.05, 4.69) is 15.1 Å². The van der Waals surface area contributed by atoms with Gasteiger partial charge in [0.15, 0.2) is 22.1 Å². The molecule has 2 aromatic heterocycles. The van der Waals surface area contributed by atoms with Crippen LogP contribution in [0.1, 0.15) is 13.3 Å². The van der Waals surface area contributed by atoms with Crippen molar-refractivity contribution < 1.29 is 14.3 Å². The quantitative estimate of drug-likeness (QED) is 0.627. The first-order chi connectivity index (χ1) is 15.1. The summed E-state index contributed by atoms with van der Waals surface area (Å²) in [6.07, 6.45) is 0.538. The number of fused-ring (bicyclic) bond motifs is 1. The number of carbonyl (C=O) groups excluding carboxylic acids is 1. The lowest BCUT2D eigenvalue weighted by Crippen LogP contribution is -2.48. The smallest absolute Gasteiger partial charge is 0.231 e. The average molecular weight is 439 g/mol. The molecule has 0 spiro atoms. The Hall–Kier alpha value is -3.40. The van der Waals surface area contributed by atoms with Gasteiger partial charge in [-0.05, 0) is 36.5 Å². The monoisotopic (exact) mass is 438 g/mol. The highest BCUT2D eigenvalue weighted by atomic mass is 32.1. The van der Waals surface area contributed by atoms with Gasteiger partial charge in [-0.25, -0.2) is 4.98 Å². The second kappa shape index (κ2) is 8.03. The van der Waals surface area contributed by atoms with Gasteiger partial charge < -0.3 is 19.3 Å². The maximum Gasteiger partial charge on any atom is 0.231 e. The fourth-order valence-corrected chi connectivity index (χ4v) is 4.10. The first-order valence-corrected chi connectivity index (χ1v) is 10.6. The lowest BCUT2D eigenvalue weighted by atomic mass is 10.2. The van der Waals surface area contributed by atoms with Gasteiger partial charge in [-0.2, -0.15) is 5.10 Å². The van der Waals surface area contributed by atoms with Crippen LogP contribution in [-0.4, -0.2) is 63.5 Å². The van der Waals surface area contributed by atoms with Crippen LogP contribution < -0.4 is 14.4 Å². The number of pyridine rings is 1. The molecule has 31 heavy (non-hydrogen) atoms. The van der Waals surface area contributed by atoms with Crippen LogP contribution in [0.5, 0.6) is 11.5 Å². The first-order valence-electron chi connectivity index (χ1n) is 10.2. The number of hydrogen-bond acceptors (Lipinski definition) is 7. The van der Waals surface area contributed by atoms with Gasteiger partial charge in [-0.1, -0.05) is 13.0 Å². The standard InChI is InChI=1S/C21H22N6O3S/c1-2-19(28)26-10-8-25(9-11-26)18-5-3-4-15(22-18)20-23-24-21(31)27(20)14-6-7-16-17(12-14)30-13-29-16/h3-7,12H,2,8-11,13H2,1H3,(H,24,31). The van der Waals surface area contributed by atoms with Crippen LogP contribution in [0.15, 0.2) is 36.4 Å². The molecular weight excluding hydrogens is 416 g/mol. The number of amides is 1. The Morgan fingerprint density at radius 1 is 1.13 bits per heavy atom. The lowest BCUT2D eigenvalue weighted by molar-refractivity contribution is -0.131. The number of nitrogens with one attached hydrogen (secondary N) is 1. The molecule has 0 saturated carbocycles. The Balaban J connectivity index is 1.44. The van der Waals surface area contributed by atoms with E-state index in [1.165, 1.54) is 0 Å². The van der Waals surface area contributed by atoms with E-state index in [4.69, 9.17) is 26.7 Å². The van der Waals surface area contributed by atoms with Crippen LogP contribution in [0.25, 0.3) is 17.2 Å². The molecule has 0 bridgehead atoms. The van der Waals surface area contributed by atoms with Gasteiger partial charge in [-0.15, -0.1) is 0 Å². The zero-order chi connectivity index (χ0) is 21.4. The Kier molecular flexibility index (Phi) is 5.06. The van der Waals surface area contributed by atoms with E-state index in [1.54, 1.807) is 0 Å². The van der Waals surface area contributed by atoms with Crippen molar-refractivity contribution in [2.24, 2.45) is 0 Å². The largest absolute Gasteiger partial charge is 0.454 e. The molecule has 5 rings (SSSR count). The predicted octanol–water partition coefficient (Wildman–Crippen LogP) is 2.78. The third-order valence-electron chi connectivity index (χ3n) is 5.51. The molecule has 1 fully saturated rings. The maximum atomic E-state index is 11.9. The molecular formula is C21H22N6O3S. The minimum absolute atomic E-state index is 0.195. The number of hydrogen-bond donors (Lipinski definition) is 1. The third-order valence-corrected chi connectivity index (χ3v) is 5.78. The summed E-state index contributed by atoms with van der Waals surface area (Å²) in [7, 11) is 0. The van der Waals surface area contributed by atoms with Gasteiger partial charge in [0.1, 0.15) is 11.5 Å². The molecule has 9 nitrogen and oxygen atoms in total. The summed E-state index contributed by atoms with van der Waals surface area (Å²) in [5.74, 6) is 3.05. The fraction of sp³-hybridized carbons (Fsp3) is 0.333. The second-order valence-corrected chi connectivity index (χ2v) is 7.71. The fourth-order valence-electron chi connectivity index (χ4n) is 3.87. The van der Waals surface area contributed by atoms with Crippen molar-refractivity contribution in [3.8, 4) is 28.7 Å². The Morgan fingerprint density at radius 2 is 1.94 bits per heavy atom. The van der Waals surface area contributed by atoms with Crippen molar-refractivity contribution in [3.63, 3.8) is 0 Å². The molecule has 0 atom stereocenters. The normalized spacial score (nSPS) is 15.4. The Bertz CT molecular complexity index is 1180. The number of anilines is 1. The van der Waals surface area contributed by atoms with Crippen molar-refractivity contribution in [1.82, 2.24) is 24.6 Å². The summed E-state index contributed by atoms with van der Waals surface area (Å²) in [6, 6.07) is 11.5. The van der Waals surface area contributed by atoms with Crippen LogP contribution in [0.2, 0.25) is 0 Å². The van der Waals surface area contributed by atoms with Crippen molar-refractivity contribution in [2.75, 3.05) is 37.9 Å². The van der Waals surface area contributed by atoms with E-state index in [0.29, 0.717) is 47.3 Å². The third kappa shape index (κ3) is 3.63. The molecule has 0 unspecified atom stereocenters. The van der Waals surface area contributed by atoms with E-state index in [-0.39, 0.29) is 12.7 Å². The SMILES string of the molecule is CCC(=O)N1CCN(c2cccc(-c3n[nH]c(=S)n3-c3ccc4c(c3)OCO4)n2)CC1. The molecule has 0 radical (unpaired) electrons. The molecule has 10 heteroatoms. The zero-order valence-electron chi connectivity index (χ0n) is 17.1. The predicted molar refractivity (Wildman–Crippen MR) is 117 cm³/mol. The van der Waals surface area contributed by atoms with E-state index in [0.717, 1.165) is 24.6 Å². The van der Waals surface area contributed by atoms with Crippen LogP contribution in [0.3, 0.4) is 0 Å². The molecule has 3 aromatic rings. The highest BCUT2D eigenvalue weighted by Gasteiger charge is 2.22. The van der Waals surface area contributed by atoms with Crippen molar-refractivity contribution in [3.05, 3.63) is 41.2 Å². The molecule has 1 amide bonds. The second-order valence-electron chi connectivity index (χ2n) is 7.33. The topological polar surface area (TPSA) is 88.5 Å². The van der Waals surface area contributed by atoms with Crippen molar-refractivity contribution in [1.29, 1.82) is 0 Å². The van der Waals surface area contributed by atoms with Crippen molar-refractivity contribution >= 4 is 23.9 Å².